The number of rotatable bonds is 6. The van der Waals surface area contributed by atoms with Crippen molar-refractivity contribution < 1.29 is 9.53 Å². The topological polar surface area (TPSA) is 83.1 Å². The summed E-state index contributed by atoms with van der Waals surface area (Å²) in [5.74, 6) is 1.26. The molecular formula is C23H20ClN5O2. The van der Waals surface area contributed by atoms with E-state index in [0.717, 1.165) is 11.3 Å². The number of ether oxygens (including phenoxy) is 1. The van der Waals surface area contributed by atoms with Crippen molar-refractivity contribution in [2.45, 2.75) is 0 Å². The molecule has 0 saturated heterocycles. The zero-order valence-electron chi connectivity index (χ0n) is 17.0. The second-order valence-corrected chi connectivity index (χ2v) is 7.39. The van der Waals surface area contributed by atoms with Gasteiger partial charge in [0.05, 0.1) is 6.20 Å². The number of nitrogens with one attached hydrogen (secondary N) is 2. The molecule has 8 heteroatoms. The van der Waals surface area contributed by atoms with Gasteiger partial charge in [0.1, 0.15) is 22.1 Å². The maximum absolute atomic E-state index is 11.6. The number of carbonyl (C=O) groups is 1. The van der Waals surface area contributed by atoms with Gasteiger partial charge in [0.25, 0.3) is 0 Å². The summed E-state index contributed by atoms with van der Waals surface area (Å²) in [7, 11) is 3.98. The van der Waals surface area contributed by atoms with Gasteiger partial charge >= 0.3 is 0 Å². The summed E-state index contributed by atoms with van der Waals surface area (Å²) >= 11 is 6.39. The number of halogens is 1. The molecule has 4 rings (SSSR count). The molecule has 0 unspecified atom stereocenters. The van der Waals surface area contributed by atoms with Crippen LogP contribution < -0.4 is 15.0 Å². The molecule has 0 atom stereocenters. The van der Waals surface area contributed by atoms with E-state index >= 15 is 0 Å². The number of fused-ring (bicyclic) bond motifs is 1. The molecule has 2 N–H and O–H groups in total. The van der Waals surface area contributed by atoms with E-state index in [1.54, 1.807) is 24.3 Å². The van der Waals surface area contributed by atoms with Gasteiger partial charge in [0, 0.05) is 37.1 Å². The van der Waals surface area contributed by atoms with Crippen molar-refractivity contribution in [3.05, 3.63) is 72.4 Å². The highest BCUT2D eigenvalue weighted by molar-refractivity contribution is 6.32. The van der Waals surface area contributed by atoms with E-state index < -0.39 is 0 Å². The minimum Gasteiger partial charge on any atom is -0.453 e. The Balaban J connectivity index is 1.68. The van der Waals surface area contributed by atoms with E-state index in [0.29, 0.717) is 39.2 Å². The van der Waals surface area contributed by atoms with Gasteiger partial charge in [-0.15, -0.1) is 0 Å². The Morgan fingerprint density at radius 1 is 1.23 bits per heavy atom. The summed E-state index contributed by atoms with van der Waals surface area (Å²) in [6, 6.07) is 15.0. The van der Waals surface area contributed by atoms with Crippen molar-refractivity contribution in [2.24, 2.45) is 0 Å². The first-order chi connectivity index (χ1) is 14.9. The number of imidazole rings is 1. The second kappa shape index (κ2) is 8.49. The Morgan fingerprint density at radius 2 is 2.00 bits per heavy atom. The van der Waals surface area contributed by atoms with Gasteiger partial charge in [0.15, 0.2) is 11.4 Å². The summed E-state index contributed by atoms with van der Waals surface area (Å²) in [4.78, 5) is 25.8. The van der Waals surface area contributed by atoms with Gasteiger partial charge < -0.3 is 19.9 Å². The average Bonchev–Trinajstić information content (AvgIpc) is 3.20. The van der Waals surface area contributed by atoms with E-state index in [1.807, 2.05) is 43.3 Å². The smallest absolute Gasteiger partial charge is 0.247 e. The molecule has 0 aliphatic rings. The highest BCUT2D eigenvalue weighted by Crippen LogP contribution is 2.36. The molecule has 7 nitrogen and oxygen atoms in total. The number of carbonyl (C=O) groups excluding carboxylic acids is 1. The molecule has 156 valence electrons. The van der Waals surface area contributed by atoms with Crippen LogP contribution in [0.15, 0.2) is 67.4 Å². The number of pyridine rings is 1. The number of amides is 1. The highest BCUT2D eigenvalue weighted by atomic mass is 35.5. The van der Waals surface area contributed by atoms with Gasteiger partial charge in [0.2, 0.25) is 5.91 Å². The second-order valence-electron chi connectivity index (χ2n) is 6.98. The summed E-state index contributed by atoms with van der Waals surface area (Å²) in [6.45, 7) is 3.45. The highest BCUT2D eigenvalue weighted by Gasteiger charge is 2.16. The van der Waals surface area contributed by atoms with Crippen LogP contribution in [0.25, 0.3) is 22.6 Å². The molecule has 0 aliphatic carbocycles. The van der Waals surface area contributed by atoms with Crippen molar-refractivity contribution >= 4 is 40.0 Å². The predicted molar refractivity (Wildman–Crippen MR) is 124 cm³/mol. The third-order valence-corrected chi connectivity index (χ3v) is 4.86. The van der Waals surface area contributed by atoms with E-state index in [2.05, 4.69) is 26.8 Å². The molecule has 0 fully saturated rings. The van der Waals surface area contributed by atoms with Crippen LogP contribution in [0.5, 0.6) is 11.5 Å². The molecule has 0 saturated carbocycles. The number of hydrogen-bond acceptors (Lipinski definition) is 5. The summed E-state index contributed by atoms with van der Waals surface area (Å²) in [6.07, 6.45) is 2.70. The van der Waals surface area contributed by atoms with Crippen LogP contribution in [0.3, 0.4) is 0 Å². The first-order valence-corrected chi connectivity index (χ1v) is 9.85. The van der Waals surface area contributed by atoms with Crippen LogP contribution in [0.2, 0.25) is 5.02 Å². The lowest BCUT2D eigenvalue weighted by Gasteiger charge is -2.12. The fourth-order valence-electron chi connectivity index (χ4n) is 3.01. The van der Waals surface area contributed by atoms with Gasteiger partial charge in [-0.25, -0.2) is 9.97 Å². The van der Waals surface area contributed by atoms with Crippen LogP contribution in [0, 0.1) is 0 Å². The summed E-state index contributed by atoms with van der Waals surface area (Å²) in [5, 5.41) is 3.04. The van der Waals surface area contributed by atoms with Crippen molar-refractivity contribution in [3.63, 3.8) is 0 Å². The Labute approximate surface area is 184 Å². The first kappa shape index (κ1) is 20.4. The van der Waals surface area contributed by atoms with Crippen LogP contribution in [-0.2, 0) is 4.79 Å². The molecule has 0 bridgehead atoms. The Morgan fingerprint density at radius 3 is 2.71 bits per heavy atom. The van der Waals surface area contributed by atoms with Crippen LogP contribution in [0.1, 0.15) is 0 Å². The lowest BCUT2D eigenvalue weighted by Crippen LogP contribution is -2.07. The van der Waals surface area contributed by atoms with E-state index in [-0.39, 0.29) is 5.91 Å². The Bertz CT molecular complexity index is 1260. The first-order valence-electron chi connectivity index (χ1n) is 9.48. The lowest BCUT2D eigenvalue weighted by molar-refractivity contribution is -0.111. The van der Waals surface area contributed by atoms with Gasteiger partial charge in [-0.05, 0) is 42.5 Å². The Hall–Kier alpha value is -3.84. The molecule has 2 aromatic carbocycles. The zero-order valence-corrected chi connectivity index (χ0v) is 17.8. The molecule has 0 radical (unpaired) electrons. The SMILES string of the molecule is C=CC(=O)Nc1cccc(Oc2c(Cl)cnc3nc(-c4ccc(N(C)C)cc4)[nH]c23)c1. The molecule has 0 aliphatic heterocycles. The number of nitrogens with zero attached hydrogens (tertiary/aromatic N) is 3. The minimum atomic E-state index is -0.306. The standard InChI is InChI=1S/C23H20ClN5O2/c1-4-19(30)26-15-6-5-7-17(12-15)31-21-18(24)13-25-23-20(21)27-22(28-23)14-8-10-16(11-9-14)29(2)3/h4-13H,1H2,2-3H3,(H,26,30)(H,25,27,28). The van der Waals surface area contributed by atoms with Crippen molar-refractivity contribution in [1.82, 2.24) is 15.0 Å². The van der Waals surface area contributed by atoms with Gasteiger partial charge in [-0.2, -0.15) is 0 Å². The number of hydrogen-bond donors (Lipinski definition) is 2. The van der Waals surface area contributed by atoms with Gasteiger partial charge in [-0.1, -0.05) is 24.2 Å². The maximum atomic E-state index is 11.6. The zero-order chi connectivity index (χ0) is 22.0. The van der Waals surface area contributed by atoms with Gasteiger partial charge in [-0.3, -0.25) is 4.79 Å². The monoisotopic (exact) mass is 433 g/mol. The number of aromatic amines is 1. The van der Waals surface area contributed by atoms with Crippen LogP contribution in [0.4, 0.5) is 11.4 Å². The lowest BCUT2D eigenvalue weighted by atomic mass is 10.2. The Kier molecular flexibility index (Phi) is 5.60. The predicted octanol–water partition coefficient (Wildman–Crippen LogP) is 5.26. The third-order valence-electron chi connectivity index (χ3n) is 4.59. The average molecular weight is 434 g/mol. The largest absolute Gasteiger partial charge is 0.453 e. The normalized spacial score (nSPS) is 10.7. The third kappa shape index (κ3) is 4.36. The molecule has 31 heavy (non-hydrogen) atoms. The van der Waals surface area contributed by atoms with E-state index in [1.165, 1.54) is 12.3 Å². The number of benzene rings is 2. The van der Waals surface area contributed by atoms with Crippen molar-refractivity contribution in [3.8, 4) is 22.9 Å². The number of anilines is 2. The summed E-state index contributed by atoms with van der Waals surface area (Å²) in [5.41, 5.74) is 3.66. The number of H-pyrrole nitrogens is 1. The fourth-order valence-corrected chi connectivity index (χ4v) is 3.20. The number of aromatic nitrogens is 3. The van der Waals surface area contributed by atoms with E-state index in [4.69, 9.17) is 16.3 Å². The maximum Gasteiger partial charge on any atom is 0.247 e. The van der Waals surface area contributed by atoms with E-state index in [9.17, 15) is 4.79 Å². The quantitative estimate of drug-likeness (QED) is 0.405. The van der Waals surface area contributed by atoms with Crippen molar-refractivity contribution in [1.29, 1.82) is 0 Å². The molecule has 2 heterocycles. The fraction of sp³-hybridized carbons (Fsp3) is 0.0870. The summed E-state index contributed by atoms with van der Waals surface area (Å²) < 4.78 is 6.05. The molecule has 0 spiro atoms. The molecule has 2 aromatic heterocycles. The molecule has 4 aromatic rings. The van der Waals surface area contributed by atoms with Crippen LogP contribution >= 0.6 is 11.6 Å². The minimum absolute atomic E-state index is 0.306. The van der Waals surface area contributed by atoms with Crippen LogP contribution in [-0.4, -0.2) is 35.0 Å². The van der Waals surface area contributed by atoms with Crippen molar-refractivity contribution in [2.75, 3.05) is 24.3 Å². The molecular weight excluding hydrogens is 414 g/mol. The molecule has 1 amide bonds.